The fourth-order valence-corrected chi connectivity index (χ4v) is 5.70. The second-order valence-electron chi connectivity index (χ2n) is 8.17. The topological polar surface area (TPSA) is 78.5 Å². The van der Waals surface area contributed by atoms with Gasteiger partial charge in [0, 0.05) is 29.4 Å². The molecule has 0 aliphatic carbocycles. The number of nitrogens with one attached hydrogen (secondary N) is 2. The minimum absolute atomic E-state index is 0.145. The molecule has 34 heavy (non-hydrogen) atoms. The minimum Gasteiger partial charge on any atom is -0.325 e. The number of carbonyl (C=O) groups excluding carboxylic acids is 1. The summed E-state index contributed by atoms with van der Waals surface area (Å²) in [5.41, 5.74) is 3.67. The average molecular weight is 522 g/mol. The number of hydrogen-bond acceptors (Lipinski definition) is 3. The van der Waals surface area contributed by atoms with E-state index in [2.05, 4.69) is 10.0 Å². The second-order valence-corrected chi connectivity index (χ2v) is 10.7. The Morgan fingerprint density at radius 2 is 1.85 bits per heavy atom. The van der Waals surface area contributed by atoms with E-state index in [4.69, 9.17) is 23.2 Å². The zero-order valence-electron chi connectivity index (χ0n) is 18.3. The molecule has 10 heteroatoms. The fraction of sp³-hybridized carbons (Fsp3) is 0.208. The predicted octanol–water partition coefficient (Wildman–Crippen LogP) is 5.33. The van der Waals surface area contributed by atoms with E-state index in [0.29, 0.717) is 10.6 Å². The van der Waals surface area contributed by atoms with Crippen LogP contribution in [-0.4, -0.2) is 31.7 Å². The molecule has 4 rings (SSSR count). The largest absolute Gasteiger partial charge is 0.325 e. The predicted molar refractivity (Wildman–Crippen MR) is 133 cm³/mol. The van der Waals surface area contributed by atoms with Crippen LogP contribution in [0.15, 0.2) is 60.7 Å². The van der Waals surface area contributed by atoms with Crippen LogP contribution in [0.5, 0.6) is 0 Å². The molecular weight excluding hydrogens is 500 g/mol. The van der Waals surface area contributed by atoms with Crippen molar-refractivity contribution in [2.24, 2.45) is 0 Å². The van der Waals surface area contributed by atoms with Gasteiger partial charge in [0.25, 0.3) is 10.2 Å². The first-order chi connectivity index (χ1) is 16.0. The maximum absolute atomic E-state index is 13.4. The molecule has 1 aliphatic rings. The number of likely N-dealkylation sites (N-methyl/N-ethyl adjacent to an activating group) is 1. The van der Waals surface area contributed by atoms with Gasteiger partial charge in [0.1, 0.15) is 11.9 Å². The van der Waals surface area contributed by atoms with Crippen molar-refractivity contribution >= 4 is 45.0 Å². The summed E-state index contributed by atoms with van der Waals surface area (Å²) in [7, 11) is -2.60. The van der Waals surface area contributed by atoms with Crippen molar-refractivity contribution in [1.82, 2.24) is 9.03 Å². The van der Waals surface area contributed by atoms with Crippen LogP contribution < -0.4 is 10.0 Å². The smallest absolute Gasteiger partial charge is 0.280 e. The van der Waals surface area contributed by atoms with E-state index in [1.165, 1.54) is 19.2 Å². The van der Waals surface area contributed by atoms with E-state index in [1.54, 1.807) is 6.07 Å². The van der Waals surface area contributed by atoms with Crippen LogP contribution in [0.3, 0.4) is 0 Å². The van der Waals surface area contributed by atoms with Gasteiger partial charge in [-0.05, 0) is 60.4 Å². The number of hydrogen-bond donors (Lipinski definition) is 2. The standard InChI is InChI=1S/C24H22Cl2FN3O3S/c1-14-6-8-18(19(25)10-14)15-4-3-5-16(11-15)22-13-23(30(2)34(32,33)29-22)24(31)28-17-7-9-21(27)20(26)12-17/h3-12,22-23,29H,13H2,1-2H3,(H,28,31). The van der Waals surface area contributed by atoms with E-state index < -0.39 is 34.0 Å². The zero-order chi connectivity index (χ0) is 24.6. The third kappa shape index (κ3) is 5.11. The Labute approximate surface area is 207 Å². The molecule has 1 amide bonds. The number of aryl methyl sites for hydroxylation is 1. The summed E-state index contributed by atoms with van der Waals surface area (Å²) < 4.78 is 42.7. The number of rotatable bonds is 4. The van der Waals surface area contributed by atoms with Crippen LogP contribution in [0, 0.1) is 12.7 Å². The number of halogens is 3. The number of amides is 1. The maximum atomic E-state index is 13.4. The van der Waals surface area contributed by atoms with Gasteiger partial charge in [0.2, 0.25) is 5.91 Å². The normalized spacial score (nSPS) is 20.1. The molecule has 6 nitrogen and oxygen atoms in total. The van der Waals surface area contributed by atoms with Gasteiger partial charge < -0.3 is 5.32 Å². The third-order valence-electron chi connectivity index (χ3n) is 5.78. The van der Waals surface area contributed by atoms with Crippen molar-refractivity contribution in [3.8, 4) is 11.1 Å². The Hall–Kier alpha value is -2.49. The second kappa shape index (κ2) is 9.64. The van der Waals surface area contributed by atoms with Gasteiger partial charge in [-0.25, -0.2) is 4.39 Å². The molecule has 2 N–H and O–H groups in total. The lowest BCUT2D eigenvalue weighted by atomic mass is 9.95. The number of benzene rings is 3. The monoisotopic (exact) mass is 521 g/mol. The summed E-state index contributed by atoms with van der Waals surface area (Å²) in [5, 5.41) is 3.08. The van der Waals surface area contributed by atoms with Gasteiger partial charge in [-0.2, -0.15) is 17.4 Å². The molecule has 1 saturated heterocycles. The Morgan fingerprint density at radius 1 is 1.09 bits per heavy atom. The molecule has 1 heterocycles. The van der Waals surface area contributed by atoms with Crippen molar-refractivity contribution in [3.63, 3.8) is 0 Å². The van der Waals surface area contributed by atoms with Crippen LogP contribution >= 0.6 is 23.2 Å². The van der Waals surface area contributed by atoms with Gasteiger partial charge in [-0.3, -0.25) is 4.79 Å². The molecule has 0 aromatic heterocycles. The Bertz CT molecular complexity index is 1370. The molecule has 178 valence electrons. The summed E-state index contributed by atoms with van der Waals surface area (Å²) >= 11 is 12.2. The molecule has 1 aliphatic heterocycles. The highest BCUT2D eigenvalue weighted by Crippen LogP contribution is 2.33. The van der Waals surface area contributed by atoms with Crippen LogP contribution in [0.2, 0.25) is 10.0 Å². The van der Waals surface area contributed by atoms with Crippen molar-refractivity contribution < 1.29 is 17.6 Å². The van der Waals surface area contributed by atoms with Crippen LogP contribution in [0.1, 0.15) is 23.6 Å². The lowest BCUT2D eigenvalue weighted by molar-refractivity contribution is -0.120. The van der Waals surface area contributed by atoms with Gasteiger partial charge in [-0.15, -0.1) is 0 Å². The molecule has 0 bridgehead atoms. The lowest BCUT2D eigenvalue weighted by Gasteiger charge is -2.36. The van der Waals surface area contributed by atoms with E-state index in [0.717, 1.165) is 27.1 Å². The summed E-state index contributed by atoms with van der Waals surface area (Å²) in [6.45, 7) is 1.95. The zero-order valence-corrected chi connectivity index (χ0v) is 20.7. The molecule has 2 atom stereocenters. The molecule has 3 aromatic carbocycles. The highest BCUT2D eigenvalue weighted by atomic mass is 35.5. The maximum Gasteiger partial charge on any atom is 0.280 e. The highest BCUT2D eigenvalue weighted by molar-refractivity contribution is 7.87. The van der Waals surface area contributed by atoms with Crippen molar-refractivity contribution in [2.75, 3.05) is 12.4 Å². The van der Waals surface area contributed by atoms with E-state index >= 15 is 0 Å². The highest BCUT2D eigenvalue weighted by Gasteiger charge is 2.40. The van der Waals surface area contributed by atoms with Gasteiger partial charge in [0.05, 0.1) is 5.02 Å². The van der Waals surface area contributed by atoms with Crippen molar-refractivity contribution in [3.05, 3.63) is 87.7 Å². The van der Waals surface area contributed by atoms with Crippen molar-refractivity contribution in [2.45, 2.75) is 25.4 Å². The summed E-state index contributed by atoms with van der Waals surface area (Å²) in [6.07, 6.45) is 0.182. The van der Waals surface area contributed by atoms with Crippen molar-refractivity contribution in [1.29, 1.82) is 0 Å². The quantitative estimate of drug-likeness (QED) is 0.487. The molecule has 3 aromatic rings. The first kappa shape index (κ1) is 24.6. The summed E-state index contributed by atoms with van der Waals surface area (Å²) in [4.78, 5) is 13.0. The SMILES string of the molecule is Cc1ccc(-c2cccc(C3CC(C(=O)Nc4ccc(F)c(Cl)c4)N(C)S(=O)(=O)N3)c2)c(Cl)c1. The number of carbonyl (C=O) groups is 1. The minimum atomic E-state index is -3.94. The Morgan fingerprint density at radius 3 is 2.56 bits per heavy atom. The third-order valence-corrected chi connectivity index (χ3v) is 7.98. The number of anilines is 1. The lowest BCUT2D eigenvalue weighted by Crippen LogP contribution is -2.55. The first-order valence-electron chi connectivity index (χ1n) is 10.4. The molecule has 2 unspecified atom stereocenters. The van der Waals surface area contributed by atoms with E-state index in [-0.39, 0.29) is 17.1 Å². The van der Waals surface area contributed by atoms with E-state index in [9.17, 15) is 17.6 Å². The Kier molecular flexibility index (Phi) is 6.98. The molecule has 0 radical (unpaired) electrons. The molecular formula is C24H22Cl2FN3O3S. The van der Waals surface area contributed by atoms with Crippen LogP contribution in [0.4, 0.5) is 10.1 Å². The van der Waals surface area contributed by atoms with Crippen LogP contribution in [-0.2, 0) is 15.0 Å². The average Bonchev–Trinajstić information content (AvgIpc) is 2.78. The molecule has 0 spiro atoms. The van der Waals surface area contributed by atoms with Crippen LogP contribution in [0.25, 0.3) is 11.1 Å². The van der Waals surface area contributed by atoms with Gasteiger partial charge >= 0.3 is 0 Å². The molecule has 0 saturated carbocycles. The molecule has 1 fully saturated rings. The summed E-state index contributed by atoms with van der Waals surface area (Å²) in [6, 6.07) is 15.3. The van der Waals surface area contributed by atoms with Gasteiger partial charge in [-0.1, -0.05) is 53.5 Å². The number of nitrogens with zero attached hydrogens (tertiary/aromatic N) is 1. The first-order valence-corrected chi connectivity index (χ1v) is 12.6. The summed E-state index contributed by atoms with van der Waals surface area (Å²) in [5.74, 6) is -1.16. The van der Waals surface area contributed by atoms with Gasteiger partial charge in [0.15, 0.2) is 0 Å². The fourth-order valence-electron chi connectivity index (χ4n) is 3.90. The van der Waals surface area contributed by atoms with E-state index in [1.807, 2.05) is 43.3 Å². The Balaban J connectivity index is 1.62.